The monoisotopic (exact) mass is 536 g/mol. The lowest BCUT2D eigenvalue weighted by molar-refractivity contribution is -0.384. The molecule has 0 spiro atoms. The van der Waals surface area contributed by atoms with E-state index in [9.17, 15) is 19.7 Å². The zero-order valence-electron chi connectivity index (χ0n) is 18.9. The Hall–Kier alpha value is -3.14. The van der Waals surface area contributed by atoms with E-state index in [1.54, 1.807) is 37.3 Å². The summed E-state index contributed by atoms with van der Waals surface area (Å²) in [5, 5.41) is 15.0. The number of rotatable bonds is 10. The molecule has 0 aliphatic carbocycles. The Morgan fingerprint density at radius 1 is 1.14 bits per heavy atom. The van der Waals surface area contributed by atoms with Crippen LogP contribution in [-0.2, 0) is 9.53 Å². The number of benzene rings is 2. The Kier molecular flexibility index (Phi) is 9.08. The number of ether oxygens (including phenoxy) is 2. The van der Waals surface area contributed by atoms with Gasteiger partial charge in [0.05, 0.1) is 23.2 Å². The zero-order valence-corrected chi connectivity index (χ0v) is 21.3. The average Bonchev–Trinajstić information content (AvgIpc) is 3.13. The highest BCUT2D eigenvalue weighted by atomic mass is 35.5. The van der Waals surface area contributed by atoms with E-state index >= 15 is 0 Å². The number of nitrogens with one attached hydrogen (secondary N) is 1. The number of nitro benzene ring substituents is 1. The van der Waals surface area contributed by atoms with Crippen molar-refractivity contribution in [2.45, 2.75) is 26.7 Å². The van der Waals surface area contributed by atoms with E-state index in [0.717, 1.165) is 4.88 Å². The quantitative estimate of drug-likeness (QED) is 0.130. The summed E-state index contributed by atoms with van der Waals surface area (Å²) < 4.78 is 10.8. The molecule has 0 bridgehead atoms. The summed E-state index contributed by atoms with van der Waals surface area (Å²) in [5.74, 6) is -0.401. The van der Waals surface area contributed by atoms with Gasteiger partial charge in [0.2, 0.25) is 5.91 Å². The Labute approximate surface area is 215 Å². The molecule has 1 aromatic heterocycles. The van der Waals surface area contributed by atoms with Gasteiger partial charge in [0.25, 0.3) is 5.69 Å². The fourth-order valence-corrected chi connectivity index (χ4v) is 4.87. The van der Waals surface area contributed by atoms with Crippen molar-refractivity contribution in [3.05, 3.63) is 73.1 Å². The number of hydrogen-bond donors (Lipinski definition) is 1. The second kappa shape index (κ2) is 12.0. The van der Waals surface area contributed by atoms with E-state index in [0.29, 0.717) is 38.3 Å². The molecule has 11 heteroatoms. The highest BCUT2D eigenvalue weighted by Gasteiger charge is 2.25. The van der Waals surface area contributed by atoms with Crippen molar-refractivity contribution < 1.29 is 24.0 Å². The summed E-state index contributed by atoms with van der Waals surface area (Å²) in [6, 6.07) is 10.8. The first-order valence-electron chi connectivity index (χ1n) is 10.6. The van der Waals surface area contributed by atoms with Crippen LogP contribution in [0.4, 0.5) is 10.7 Å². The van der Waals surface area contributed by atoms with E-state index in [1.165, 1.54) is 23.5 Å². The largest absolute Gasteiger partial charge is 0.492 e. The summed E-state index contributed by atoms with van der Waals surface area (Å²) in [5.41, 5.74) is 1.34. The van der Waals surface area contributed by atoms with Gasteiger partial charge in [-0.3, -0.25) is 14.9 Å². The standard InChI is InChI=1S/C24H22Cl2N2O6S/c1-3-33-24(30)22-21(15-6-9-17(10-7-15)28(31)32)14(2)35-23(22)27-20(29)5-4-12-34-19-11-8-16(25)13-18(19)26/h6-11,13H,3-5,12H2,1-2H3,(H,27,29). The first-order chi connectivity index (χ1) is 16.7. The molecule has 3 rings (SSSR count). The summed E-state index contributed by atoms with van der Waals surface area (Å²) in [6.45, 7) is 3.92. The topological polar surface area (TPSA) is 108 Å². The fraction of sp³-hybridized carbons (Fsp3) is 0.250. The number of hydrogen-bond acceptors (Lipinski definition) is 7. The molecule has 0 aliphatic rings. The number of aryl methyl sites for hydroxylation is 1. The minimum absolute atomic E-state index is 0.0602. The molecule has 0 aliphatic heterocycles. The molecule has 1 N–H and O–H groups in total. The smallest absolute Gasteiger partial charge is 0.341 e. The van der Waals surface area contributed by atoms with Crippen molar-refractivity contribution >= 4 is 57.1 Å². The van der Waals surface area contributed by atoms with Crippen LogP contribution in [0.5, 0.6) is 5.75 Å². The summed E-state index contributed by atoms with van der Waals surface area (Å²) in [7, 11) is 0. The highest BCUT2D eigenvalue weighted by molar-refractivity contribution is 7.17. The summed E-state index contributed by atoms with van der Waals surface area (Å²) >= 11 is 13.2. The van der Waals surface area contributed by atoms with Crippen LogP contribution in [0.3, 0.4) is 0 Å². The number of carbonyl (C=O) groups is 2. The first-order valence-corrected chi connectivity index (χ1v) is 12.2. The van der Waals surface area contributed by atoms with Crippen molar-refractivity contribution in [2.24, 2.45) is 0 Å². The number of halogens is 2. The van der Waals surface area contributed by atoms with Crippen molar-refractivity contribution in [1.82, 2.24) is 0 Å². The number of non-ortho nitro benzene ring substituents is 1. The van der Waals surface area contributed by atoms with Crippen molar-refractivity contribution in [3.8, 4) is 16.9 Å². The number of carbonyl (C=O) groups excluding carboxylic acids is 2. The molecule has 0 saturated carbocycles. The minimum Gasteiger partial charge on any atom is -0.492 e. The highest BCUT2D eigenvalue weighted by Crippen LogP contribution is 2.41. The van der Waals surface area contributed by atoms with Crippen LogP contribution in [0.15, 0.2) is 42.5 Å². The maximum Gasteiger partial charge on any atom is 0.341 e. The van der Waals surface area contributed by atoms with Crippen molar-refractivity contribution in [2.75, 3.05) is 18.5 Å². The van der Waals surface area contributed by atoms with Crippen LogP contribution in [0.2, 0.25) is 10.0 Å². The van der Waals surface area contributed by atoms with Crippen LogP contribution in [0.25, 0.3) is 11.1 Å². The Bertz CT molecular complexity index is 1240. The molecule has 1 heterocycles. The van der Waals surface area contributed by atoms with Crippen LogP contribution in [0, 0.1) is 17.0 Å². The van der Waals surface area contributed by atoms with Crippen LogP contribution in [-0.4, -0.2) is 30.0 Å². The van der Waals surface area contributed by atoms with Gasteiger partial charge in [0, 0.05) is 34.0 Å². The van der Waals surface area contributed by atoms with Gasteiger partial charge in [-0.2, -0.15) is 0 Å². The normalized spacial score (nSPS) is 10.6. The third kappa shape index (κ3) is 6.72. The molecule has 0 atom stereocenters. The second-order valence-electron chi connectivity index (χ2n) is 7.34. The number of amides is 1. The third-order valence-corrected chi connectivity index (χ3v) is 6.43. The molecule has 35 heavy (non-hydrogen) atoms. The molecule has 0 saturated heterocycles. The number of nitrogens with zero attached hydrogens (tertiary/aromatic N) is 1. The lowest BCUT2D eigenvalue weighted by Crippen LogP contribution is -2.15. The molecular weight excluding hydrogens is 515 g/mol. The zero-order chi connectivity index (χ0) is 25.5. The van der Waals surface area contributed by atoms with Gasteiger partial charge in [0.1, 0.15) is 16.3 Å². The predicted molar refractivity (Wildman–Crippen MR) is 137 cm³/mol. The number of thiophene rings is 1. The summed E-state index contributed by atoms with van der Waals surface area (Å²) in [4.78, 5) is 36.7. The Morgan fingerprint density at radius 2 is 1.86 bits per heavy atom. The molecule has 184 valence electrons. The SMILES string of the molecule is CCOC(=O)c1c(NC(=O)CCCOc2ccc(Cl)cc2Cl)sc(C)c1-c1ccc([N+](=O)[O-])cc1. The predicted octanol–water partition coefficient (Wildman–Crippen LogP) is 6.91. The van der Waals surface area contributed by atoms with Crippen LogP contribution >= 0.6 is 34.5 Å². The lowest BCUT2D eigenvalue weighted by Gasteiger charge is -2.10. The summed E-state index contributed by atoms with van der Waals surface area (Å²) in [6.07, 6.45) is 0.566. The van der Waals surface area contributed by atoms with Gasteiger partial charge in [-0.05, 0) is 56.2 Å². The maximum absolute atomic E-state index is 12.8. The van der Waals surface area contributed by atoms with Gasteiger partial charge in [-0.15, -0.1) is 11.3 Å². The van der Waals surface area contributed by atoms with Gasteiger partial charge in [-0.1, -0.05) is 23.2 Å². The van der Waals surface area contributed by atoms with Gasteiger partial charge in [0.15, 0.2) is 0 Å². The second-order valence-corrected chi connectivity index (χ2v) is 9.41. The molecule has 0 radical (unpaired) electrons. The van der Waals surface area contributed by atoms with Gasteiger partial charge >= 0.3 is 5.97 Å². The fourth-order valence-electron chi connectivity index (χ4n) is 3.32. The minimum atomic E-state index is -0.582. The Morgan fingerprint density at radius 3 is 2.49 bits per heavy atom. The van der Waals surface area contributed by atoms with E-state index < -0.39 is 10.9 Å². The third-order valence-electron chi connectivity index (χ3n) is 4.88. The number of anilines is 1. The van der Waals surface area contributed by atoms with Crippen LogP contribution in [0.1, 0.15) is 35.0 Å². The van der Waals surface area contributed by atoms with E-state index in [2.05, 4.69) is 5.32 Å². The lowest BCUT2D eigenvalue weighted by atomic mass is 10.0. The molecule has 8 nitrogen and oxygen atoms in total. The van der Waals surface area contributed by atoms with Crippen LogP contribution < -0.4 is 10.1 Å². The molecule has 1 amide bonds. The molecule has 2 aromatic carbocycles. The number of esters is 1. The van der Waals surface area contributed by atoms with Crippen molar-refractivity contribution in [1.29, 1.82) is 0 Å². The van der Waals surface area contributed by atoms with Gasteiger partial charge in [-0.25, -0.2) is 4.79 Å². The van der Waals surface area contributed by atoms with E-state index in [1.807, 2.05) is 6.92 Å². The molecular formula is C24H22Cl2N2O6S. The molecule has 0 unspecified atom stereocenters. The molecule has 3 aromatic rings. The molecule has 0 fully saturated rings. The number of nitro groups is 1. The average molecular weight is 537 g/mol. The maximum atomic E-state index is 12.8. The van der Waals surface area contributed by atoms with Gasteiger partial charge < -0.3 is 14.8 Å². The van der Waals surface area contributed by atoms with E-state index in [4.69, 9.17) is 32.7 Å². The van der Waals surface area contributed by atoms with E-state index in [-0.39, 0.29) is 36.8 Å². The van der Waals surface area contributed by atoms with Crippen molar-refractivity contribution in [3.63, 3.8) is 0 Å². The first kappa shape index (κ1) is 26.5. The Balaban J connectivity index is 1.73.